The summed E-state index contributed by atoms with van der Waals surface area (Å²) in [6.45, 7) is 4.40. The quantitative estimate of drug-likeness (QED) is 0.518. The van der Waals surface area contributed by atoms with Crippen LogP contribution in [0.2, 0.25) is 0 Å². The molecule has 2 heterocycles. The molecule has 4 rings (SSSR count). The van der Waals surface area contributed by atoms with Gasteiger partial charge < -0.3 is 4.57 Å². The fraction of sp³-hybridized carbons (Fsp3) is 0.0556. The SMILES string of the molecule is C=CCn1c(=NC(=O)c2nc3ccccc3s2)sc2ccccc21. The Hall–Kier alpha value is -2.57. The first-order valence-electron chi connectivity index (χ1n) is 7.40. The molecule has 0 fully saturated rings. The molecule has 24 heavy (non-hydrogen) atoms. The van der Waals surface area contributed by atoms with Crippen molar-refractivity contribution in [2.45, 2.75) is 6.54 Å². The van der Waals surface area contributed by atoms with Gasteiger partial charge in [0, 0.05) is 6.54 Å². The van der Waals surface area contributed by atoms with Crippen molar-refractivity contribution in [1.82, 2.24) is 9.55 Å². The summed E-state index contributed by atoms with van der Waals surface area (Å²) in [7, 11) is 0. The number of benzene rings is 2. The minimum atomic E-state index is -0.305. The Morgan fingerprint density at radius 3 is 2.67 bits per heavy atom. The highest BCUT2D eigenvalue weighted by atomic mass is 32.1. The van der Waals surface area contributed by atoms with Gasteiger partial charge in [-0.25, -0.2) is 4.98 Å². The highest BCUT2D eigenvalue weighted by Gasteiger charge is 2.12. The summed E-state index contributed by atoms with van der Waals surface area (Å²) in [6.07, 6.45) is 1.81. The smallest absolute Gasteiger partial charge is 0.308 e. The average molecular weight is 351 g/mol. The average Bonchev–Trinajstić information content (AvgIpc) is 3.17. The van der Waals surface area contributed by atoms with E-state index in [9.17, 15) is 4.79 Å². The molecule has 0 aliphatic carbocycles. The zero-order valence-corrected chi connectivity index (χ0v) is 14.3. The summed E-state index contributed by atoms with van der Waals surface area (Å²) in [5.41, 5.74) is 1.88. The molecule has 0 aliphatic rings. The van der Waals surface area contributed by atoms with Gasteiger partial charge in [0.2, 0.25) is 0 Å². The molecule has 0 spiro atoms. The number of para-hydroxylation sites is 2. The van der Waals surface area contributed by atoms with Gasteiger partial charge in [0.1, 0.15) is 0 Å². The zero-order valence-electron chi connectivity index (χ0n) is 12.7. The van der Waals surface area contributed by atoms with Crippen LogP contribution >= 0.6 is 22.7 Å². The molecule has 0 atom stereocenters. The molecule has 0 radical (unpaired) electrons. The first-order chi connectivity index (χ1) is 11.8. The van der Waals surface area contributed by atoms with Gasteiger partial charge in [0.15, 0.2) is 9.81 Å². The third-order valence-electron chi connectivity index (χ3n) is 3.57. The fourth-order valence-electron chi connectivity index (χ4n) is 2.51. The molecule has 2 aromatic carbocycles. The Bertz CT molecular complexity index is 1100. The Labute approximate surface area is 146 Å². The van der Waals surface area contributed by atoms with Crippen molar-refractivity contribution in [1.29, 1.82) is 0 Å². The van der Waals surface area contributed by atoms with Crippen molar-refractivity contribution < 1.29 is 4.79 Å². The number of thiazole rings is 2. The number of hydrogen-bond donors (Lipinski definition) is 0. The van der Waals surface area contributed by atoms with Gasteiger partial charge in [0.25, 0.3) is 0 Å². The van der Waals surface area contributed by atoms with Gasteiger partial charge in [0.05, 0.1) is 20.4 Å². The third-order valence-corrected chi connectivity index (χ3v) is 5.66. The number of allylic oxidation sites excluding steroid dienone is 1. The fourth-order valence-corrected chi connectivity index (χ4v) is 4.40. The van der Waals surface area contributed by atoms with E-state index in [4.69, 9.17) is 0 Å². The summed E-state index contributed by atoms with van der Waals surface area (Å²) in [4.78, 5) is 21.9. The summed E-state index contributed by atoms with van der Waals surface area (Å²) < 4.78 is 4.08. The van der Waals surface area contributed by atoms with Crippen LogP contribution in [0.1, 0.15) is 9.80 Å². The van der Waals surface area contributed by atoms with Crippen molar-refractivity contribution in [2.75, 3.05) is 0 Å². The topological polar surface area (TPSA) is 47.2 Å². The molecule has 0 N–H and O–H groups in total. The molecule has 0 aliphatic heterocycles. The van der Waals surface area contributed by atoms with E-state index in [0.717, 1.165) is 20.4 Å². The number of hydrogen-bond acceptors (Lipinski definition) is 4. The Balaban J connectivity index is 1.84. The van der Waals surface area contributed by atoms with Crippen LogP contribution in [0.4, 0.5) is 0 Å². The Kier molecular flexibility index (Phi) is 3.84. The number of aromatic nitrogens is 2. The molecule has 1 amide bonds. The van der Waals surface area contributed by atoms with Gasteiger partial charge >= 0.3 is 5.91 Å². The molecule has 118 valence electrons. The molecule has 0 saturated carbocycles. The van der Waals surface area contributed by atoms with Crippen LogP contribution in [0.5, 0.6) is 0 Å². The summed E-state index contributed by atoms with van der Waals surface area (Å²) >= 11 is 2.87. The van der Waals surface area contributed by atoms with E-state index in [1.165, 1.54) is 22.7 Å². The van der Waals surface area contributed by atoms with E-state index >= 15 is 0 Å². The molecule has 0 unspecified atom stereocenters. The van der Waals surface area contributed by atoms with E-state index in [1.54, 1.807) is 6.08 Å². The van der Waals surface area contributed by atoms with E-state index in [1.807, 2.05) is 53.1 Å². The predicted octanol–water partition coefficient (Wildman–Crippen LogP) is 4.24. The van der Waals surface area contributed by atoms with Crippen LogP contribution in [0, 0.1) is 0 Å². The van der Waals surface area contributed by atoms with Crippen molar-refractivity contribution in [2.24, 2.45) is 4.99 Å². The lowest BCUT2D eigenvalue weighted by Gasteiger charge is -1.99. The minimum Gasteiger partial charge on any atom is -0.312 e. The number of nitrogens with zero attached hydrogens (tertiary/aromatic N) is 3. The molecular formula is C18H13N3OS2. The second-order valence-corrected chi connectivity index (χ2v) is 7.20. The Morgan fingerprint density at radius 1 is 1.12 bits per heavy atom. The molecule has 4 aromatic rings. The predicted molar refractivity (Wildman–Crippen MR) is 99.5 cm³/mol. The Morgan fingerprint density at radius 2 is 1.88 bits per heavy atom. The van der Waals surface area contributed by atoms with E-state index in [2.05, 4.69) is 16.6 Å². The second kappa shape index (κ2) is 6.14. The van der Waals surface area contributed by atoms with E-state index in [0.29, 0.717) is 16.4 Å². The van der Waals surface area contributed by atoms with Crippen molar-refractivity contribution in [3.05, 3.63) is 71.0 Å². The number of fused-ring (bicyclic) bond motifs is 2. The van der Waals surface area contributed by atoms with Crippen LogP contribution in [0.15, 0.2) is 66.2 Å². The second-order valence-electron chi connectivity index (χ2n) is 5.16. The standard InChI is InChI=1S/C18H13N3OS2/c1-2-11-21-13-8-4-6-10-15(13)24-18(21)20-16(22)17-19-12-7-3-5-9-14(12)23-17/h2-10H,1,11H2. The van der Waals surface area contributed by atoms with Gasteiger partial charge in [-0.3, -0.25) is 4.79 Å². The molecule has 6 heteroatoms. The molecule has 0 saturated heterocycles. The number of carbonyl (C=O) groups is 1. The van der Waals surface area contributed by atoms with Gasteiger partial charge in [-0.2, -0.15) is 4.99 Å². The number of amides is 1. The maximum atomic E-state index is 12.6. The zero-order chi connectivity index (χ0) is 16.5. The minimum absolute atomic E-state index is 0.305. The van der Waals surface area contributed by atoms with Crippen LogP contribution < -0.4 is 4.80 Å². The van der Waals surface area contributed by atoms with Crippen molar-refractivity contribution in [3.63, 3.8) is 0 Å². The van der Waals surface area contributed by atoms with Crippen molar-refractivity contribution >= 4 is 49.0 Å². The highest BCUT2D eigenvalue weighted by molar-refractivity contribution is 7.20. The maximum Gasteiger partial charge on any atom is 0.308 e. The van der Waals surface area contributed by atoms with Crippen LogP contribution in [-0.4, -0.2) is 15.5 Å². The van der Waals surface area contributed by atoms with Gasteiger partial charge in [-0.15, -0.1) is 17.9 Å². The number of rotatable bonds is 3. The summed E-state index contributed by atoms with van der Waals surface area (Å²) in [5, 5.41) is 0.416. The lowest BCUT2D eigenvalue weighted by atomic mass is 10.3. The third kappa shape index (κ3) is 2.60. The van der Waals surface area contributed by atoms with Gasteiger partial charge in [-0.05, 0) is 24.3 Å². The lowest BCUT2D eigenvalue weighted by Crippen LogP contribution is -2.16. The van der Waals surface area contributed by atoms with Crippen LogP contribution in [-0.2, 0) is 6.54 Å². The van der Waals surface area contributed by atoms with E-state index < -0.39 is 0 Å². The van der Waals surface area contributed by atoms with Crippen molar-refractivity contribution in [3.8, 4) is 0 Å². The first-order valence-corrected chi connectivity index (χ1v) is 9.03. The van der Waals surface area contributed by atoms with Crippen LogP contribution in [0.3, 0.4) is 0 Å². The summed E-state index contributed by atoms with van der Waals surface area (Å²) in [6, 6.07) is 15.7. The molecular weight excluding hydrogens is 338 g/mol. The molecule has 4 nitrogen and oxygen atoms in total. The van der Waals surface area contributed by atoms with Gasteiger partial charge in [-0.1, -0.05) is 41.7 Å². The first kappa shape index (κ1) is 15.0. The summed E-state index contributed by atoms with van der Waals surface area (Å²) in [5.74, 6) is -0.305. The lowest BCUT2D eigenvalue weighted by molar-refractivity contribution is 0.0997. The highest BCUT2D eigenvalue weighted by Crippen LogP contribution is 2.22. The van der Waals surface area contributed by atoms with Crippen LogP contribution in [0.25, 0.3) is 20.4 Å². The molecule has 0 bridgehead atoms. The maximum absolute atomic E-state index is 12.6. The molecule has 2 aromatic heterocycles. The number of carbonyl (C=O) groups excluding carboxylic acids is 1. The largest absolute Gasteiger partial charge is 0.312 e. The normalized spacial score (nSPS) is 12.1. The van der Waals surface area contributed by atoms with E-state index in [-0.39, 0.29) is 5.91 Å². The monoisotopic (exact) mass is 351 g/mol.